The van der Waals surface area contributed by atoms with E-state index in [9.17, 15) is 4.79 Å². The van der Waals surface area contributed by atoms with E-state index < -0.39 is 0 Å². The van der Waals surface area contributed by atoms with Gasteiger partial charge in [-0.2, -0.15) is 0 Å². The number of carbonyl (C=O) groups excluding carboxylic acids is 1. The van der Waals surface area contributed by atoms with Crippen LogP contribution in [0, 0.1) is 5.92 Å². The van der Waals surface area contributed by atoms with Crippen molar-refractivity contribution in [2.24, 2.45) is 11.7 Å². The first-order chi connectivity index (χ1) is 8.65. The maximum absolute atomic E-state index is 12.4. The van der Waals surface area contributed by atoms with Gasteiger partial charge in [-0.15, -0.1) is 11.3 Å². The number of rotatable bonds is 1. The summed E-state index contributed by atoms with van der Waals surface area (Å²) in [5.41, 5.74) is 7.40. The van der Waals surface area contributed by atoms with E-state index in [1.807, 2.05) is 4.90 Å². The number of carbonyl (C=O) groups is 1. The van der Waals surface area contributed by atoms with E-state index in [2.05, 4.69) is 13.0 Å². The van der Waals surface area contributed by atoms with Crippen LogP contribution < -0.4 is 5.73 Å². The highest BCUT2D eigenvalue weighted by molar-refractivity contribution is 7.14. The molecule has 0 bridgehead atoms. The lowest BCUT2D eigenvalue weighted by Crippen LogP contribution is -2.31. The van der Waals surface area contributed by atoms with E-state index in [0.717, 1.165) is 24.3 Å². The van der Waals surface area contributed by atoms with Crippen molar-refractivity contribution in [1.82, 2.24) is 4.90 Å². The molecule has 98 valence electrons. The molecule has 2 heterocycles. The lowest BCUT2D eigenvalue weighted by Gasteiger charge is -2.14. The van der Waals surface area contributed by atoms with Crippen molar-refractivity contribution in [3.63, 3.8) is 0 Å². The number of nitrogens with zero attached hydrogens (tertiary/aromatic N) is 1. The largest absolute Gasteiger partial charge is 0.336 e. The van der Waals surface area contributed by atoms with Crippen molar-refractivity contribution < 1.29 is 4.79 Å². The van der Waals surface area contributed by atoms with Crippen LogP contribution in [-0.4, -0.2) is 29.9 Å². The Morgan fingerprint density at radius 3 is 2.83 bits per heavy atom. The zero-order valence-electron chi connectivity index (χ0n) is 10.8. The fraction of sp³-hybridized carbons (Fsp3) is 0.643. The minimum Gasteiger partial charge on any atom is -0.336 e. The van der Waals surface area contributed by atoms with E-state index in [1.54, 1.807) is 11.3 Å². The van der Waals surface area contributed by atoms with Crippen molar-refractivity contribution in [2.75, 3.05) is 13.1 Å². The molecule has 1 aromatic rings. The summed E-state index contributed by atoms with van der Waals surface area (Å²) >= 11 is 1.70. The van der Waals surface area contributed by atoms with E-state index in [-0.39, 0.29) is 11.9 Å². The van der Waals surface area contributed by atoms with Crippen molar-refractivity contribution in [1.29, 1.82) is 0 Å². The maximum atomic E-state index is 12.4. The standard InChI is InChI=1S/C14H20N2OS/c1-9-7-16(8-11(9)15)14(17)13-6-10-4-2-3-5-12(10)18-13/h6,9,11H,2-5,7-8,15H2,1H3. The number of likely N-dealkylation sites (tertiary alicyclic amines) is 1. The van der Waals surface area contributed by atoms with E-state index in [0.29, 0.717) is 12.5 Å². The summed E-state index contributed by atoms with van der Waals surface area (Å²) in [7, 11) is 0. The average Bonchev–Trinajstić information content (AvgIpc) is 2.93. The molecule has 1 fully saturated rings. The Morgan fingerprint density at radius 2 is 2.17 bits per heavy atom. The van der Waals surface area contributed by atoms with Crippen LogP contribution in [-0.2, 0) is 12.8 Å². The molecule has 2 unspecified atom stereocenters. The first-order valence-corrected chi connectivity index (χ1v) is 7.63. The summed E-state index contributed by atoms with van der Waals surface area (Å²) in [6.45, 7) is 3.64. The second-order valence-electron chi connectivity index (χ2n) is 5.62. The second-order valence-corrected chi connectivity index (χ2v) is 6.75. The molecule has 18 heavy (non-hydrogen) atoms. The van der Waals surface area contributed by atoms with Crippen molar-refractivity contribution in [2.45, 2.75) is 38.6 Å². The minimum absolute atomic E-state index is 0.142. The summed E-state index contributed by atoms with van der Waals surface area (Å²) in [5.74, 6) is 0.609. The molecule has 3 nitrogen and oxygen atoms in total. The van der Waals surface area contributed by atoms with Gasteiger partial charge in [0.1, 0.15) is 0 Å². The monoisotopic (exact) mass is 264 g/mol. The van der Waals surface area contributed by atoms with Crippen molar-refractivity contribution in [3.05, 3.63) is 21.4 Å². The summed E-state index contributed by atoms with van der Waals surface area (Å²) in [5, 5.41) is 0. The van der Waals surface area contributed by atoms with Crippen LogP contribution in [0.5, 0.6) is 0 Å². The summed E-state index contributed by atoms with van der Waals surface area (Å²) in [6.07, 6.45) is 4.84. The smallest absolute Gasteiger partial charge is 0.264 e. The molecule has 1 saturated heterocycles. The molecular weight excluding hydrogens is 244 g/mol. The molecule has 1 aliphatic heterocycles. The summed E-state index contributed by atoms with van der Waals surface area (Å²) < 4.78 is 0. The Bertz CT molecular complexity index is 435. The van der Waals surface area contributed by atoms with Gasteiger partial charge in [0.05, 0.1) is 4.88 Å². The number of thiophene rings is 1. The second kappa shape index (κ2) is 4.67. The highest BCUT2D eigenvalue weighted by Gasteiger charge is 2.31. The molecule has 0 aromatic carbocycles. The molecule has 0 radical (unpaired) electrons. The van der Waals surface area contributed by atoms with Crippen LogP contribution in [0.4, 0.5) is 0 Å². The summed E-state index contributed by atoms with van der Waals surface area (Å²) in [4.78, 5) is 16.7. The number of hydrogen-bond donors (Lipinski definition) is 1. The lowest BCUT2D eigenvalue weighted by atomic mass is 9.99. The fourth-order valence-electron chi connectivity index (χ4n) is 2.91. The van der Waals surface area contributed by atoms with Crippen LogP contribution in [0.2, 0.25) is 0 Å². The van der Waals surface area contributed by atoms with E-state index in [4.69, 9.17) is 5.73 Å². The molecule has 4 heteroatoms. The van der Waals surface area contributed by atoms with E-state index in [1.165, 1.54) is 23.3 Å². The van der Waals surface area contributed by atoms with Crippen LogP contribution in [0.3, 0.4) is 0 Å². The third-order valence-corrected chi connectivity index (χ3v) is 5.39. The first-order valence-electron chi connectivity index (χ1n) is 6.81. The SMILES string of the molecule is CC1CN(C(=O)c2cc3c(s2)CCCC3)CC1N. The zero-order valence-corrected chi connectivity index (χ0v) is 11.6. The predicted molar refractivity (Wildman–Crippen MR) is 74.0 cm³/mol. The number of nitrogens with two attached hydrogens (primary N) is 1. The first kappa shape index (κ1) is 12.2. The van der Waals surface area contributed by atoms with Gasteiger partial charge >= 0.3 is 0 Å². The Balaban J connectivity index is 1.78. The molecule has 1 amide bonds. The highest BCUT2D eigenvalue weighted by Crippen LogP contribution is 2.31. The molecule has 2 atom stereocenters. The van der Waals surface area contributed by atoms with Gasteiger partial charge in [-0.3, -0.25) is 4.79 Å². The maximum Gasteiger partial charge on any atom is 0.264 e. The third kappa shape index (κ3) is 2.08. The molecule has 2 aliphatic rings. The van der Waals surface area contributed by atoms with Gasteiger partial charge < -0.3 is 10.6 Å². The number of aryl methyl sites for hydroxylation is 2. The molecule has 1 aromatic heterocycles. The number of hydrogen-bond acceptors (Lipinski definition) is 3. The van der Waals surface area contributed by atoms with Crippen LogP contribution in [0.15, 0.2) is 6.07 Å². The number of fused-ring (bicyclic) bond motifs is 1. The predicted octanol–water partition coefficient (Wildman–Crippen LogP) is 2.05. The molecular formula is C14H20N2OS. The minimum atomic E-state index is 0.142. The Labute approximate surface area is 112 Å². The van der Waals surface area contributed by atoms with Gasteiger partial charge in [0.2, 0.25) is 0 Å². The summed E-state index contributed by atoms with van der Waals surface area (Å²) in [6, 6.07) is 2.26. The van der Waals surface area contributed by atoms with E-state index >= 15 is 0 Å². The molecule has 2 N–H and O–H groups in total. The van der Waals surface area contributed by atoms with Gasteiger partial charge in [-0.1, -0.05) is 6.92 Å². The molecule has 0 saturated carbocycles. The Hall–Kier alpha value is -0.870. The van der Waals surface area contributed by atoms with Crippen LogP contribution in [0.25, 0.3) is 0 Å². The molecule has 1 aliphatic carbocycles. The van der Waals surface area contributed by atoms with Crippen LogP contribution >= 0.6 is 11.3 Å². The van der Waals surface area contributed by atoms with Gasteiger partial charge in [-0.25, -0.2) is 0 Å². The van der Waals surface area contributed by atoms with Crippen LogP contribution in [0.1, 0.15) is 39.9 Å². The topological polar surface area (TPSA) is 46.3 Å². The lowest BCUT2D eigenvalue weighted by molar-refractivity contribution is 0.0791. The van der Waals surface area contributed by atoms with Gasteiger partial charge in [-0.05, 0) is 43.2 Å². The average molecular weight is 264 g/mol. The Kier molecular flexibility index (Phi) is 3.16. The fourth-order valence-corrected chi connectivity index (χ4v) is 4.13. The van der Waals surface area contributed by atoms with Gasteiger partial charge in [0.25, 0.3) is 5.91 Å². The van der Waals surface area contributed by atoms with Gasteiger partial charge in [0.15, 0.2) is 0 Å². The Morgan fingerprint density at radius 1 is 1.39 bits per heavy atom. The normalized spacial score (nSPS) is 27.3. The number of amides is 1. The zero-order chi connectivity index (χ0) is 12.7. The van der Waals surface area contributed by atoms with Crippen molar-refractivity contribution in [3.8, 4) is 0 Å². The van der Waals surface area contributed by atoms with Gasteiger partial charge in [0, 0.05) is 24.0 Å². The molecule has 0 spiro atoms. The quantitative estimate of drug-likeness (QED) is 0.844. The highest BCUT2D eigenvalue weighted by atomic mass is 32.1. The molecule has 3 rings (SSSR count). The van der Waals surface area contributed by atoms with Crippen molar-refractivity contribution >= 4 is 17.2 Å². The third-order valence-electron chi connectivity index (χ3n) is 4.17.